The molecule has 2 unspecified atom stereocenters. The van der Waals surface area contributed by atoms with Crippen LogP contribution in [-0.4, -0.2) is 29.2 Å². The molecule has 1 amide bonds. The van der Waals surface area contributed by atoms with E-state index < -0.39 is 24.1 Å². The molecule has 19 heavy (non-hydrogen) atoms. The molecule has 0 bridgehead atoms. The minimum atomic E-state index is -1.06. The molecule has 2 rings (SSSR count). The van der Waals surface area contributed by atoms with Crippen LogP contribution in [-0.2, 0) is 14.3 Å². The molecular weight excluding hydrogens is 293 g/mol. The third kappa shape index (κ3) is 3.37. The zero-order chi connectivity index (χ0) is 14.0. The highest BCUT2D eigenvalue weighted by molar-refractivity contribution is 6.36. The molecule has 0 spiro atoms. The minimum Gasteiger partial charge on any atom is -0.479 e. The summed E-state index contributed by atoms with van der Waals surface area (Å²) in [5, 5.41) is 12.2. The highest BCUT2D eigenvalue weighted by atomic mass is 35.5. The van der Waals surface area contributed by atoms with Crippen LogP contribution in [0.25, 0.3) is 0 Å². The summed E-state index contributed by atoms with van der Waals surface area (Å²) >= 11 is 11.7. The molecule has 1 heterocycles. The van der Waals surface area contributed by atoms with Crippen molar-refractivity contribution >= 4 is 40.8 Å². The van der Waals surface area contributed by atoms with Crippen molar-refractivity contribution in [3.8, 4) is 0 Å². The molecule has 7 heteroatoms. The molecular formula is C12H11Cl2NO4. The fourth-order valence-corrected chi connectivity index (χ4v) is 2.27. The number of anilines is 1. The van der Waals surface area contributed by atoms with Gasteiger partial charge in [-0.2, -0.15) is 0 Å². The van der Waals surface area contributed by atoms with Crippen LogP contribution in [0.2, 0.25) is 10.0 Å². The number of halogens is 2. The van der Waals surface area contributed by atoms with Crippen molar-refractivity contribution in [3.63, 3.8) is 0 Å². The summed E-state index contributed by atoms with van der Waals surface area (Å²) in [6.07, 6.45) is -1.00. The van der Waals surface area contributed by atoms with Gasteiger partial charge in [-0.05, 0) is 31.0 Å². The molecule has 1 aliphatic rings. The number of carboxylic acid groups (broad SMARTS) is 1. The predicted molar refractivity (Wildman–Crippen MR) is 70.6 cm³/mol. The van der Waals surface area contributed by atoms with Crippen LogP contribution < -0.4 is 5.32 Å². The van der Waals surface area contributed by atoms with Gasteiger partial charge < -0.3 is 15.2 Å². The molecule has 0 aromatic heterocycles. The third-order valence-corrected chi connectivity index (χ3v) is 3.32. The Morgan fingerprint density at radius 3 is 2.53 bits per heavy atom. The lowest BCUT2D eigenvalue weighted by molar-refractivity contribution is -0.150. The fraction of sp³-hybridized carbons (Fsp3) is 0.333. The first-order chi connectivity index (χ1) is 8.97. The third-order valence-electron chi connectivity index (χ3n) is 2.78. The predicted octanol–water partition coefficient (Wildman–Crippen LogP) is 2.56. The van der Waals surface area contributed by atoms with Crippen molar-refractivity contribution in [3.05, 3.63) is 28.2 Å². The summed E-state index contributed by atoms with van der Waals surface area (Å²) in [6, 6.07) is 4.68. The summed E-state index contributed by atoms with van der Waals surface area (Å²) in [5.74, 6) is -1.47. The zero-order valence-electron chi connectivity index (χ0n) is 9.73. The number of nitrogens with one attached hydrogen (secondary N) is 1. The number of amides is 1. The Bertz CT molecular complexity index is 520. The summed E-state index contributed by atoms with van der Waals surface area (Å²) in [6.45, 7) is 0. The van der Waals surface area contributed by atoms with E-state index in [1.54, 1.807) is 12.1 Å². The Morgan fingerprint density at radius 2 is 1.95 bits per heavy atom. The first-order valence-corrected chi connectivity index (χ1v) is 6.37. The number of aliphatic carboxylic acids is 1. The van der Waals surface area contributed by atoms with Crippen LogP contribution in [0.15, 0.2) is 18.2 Å². The first kappa shape index (κ1) is 14.1. The highest BCUT2D eigenvalue weighted by Crippen LogP contribution is 2.27. The number of hydrogen-bond donors (Lipinski definition) is 2. The number of benzene rings is 1. The van der Waals surface area contributed by atoms with Crippen LogP contribution in [0.4, 0.5) is 5.69 Å². The molecule has 1 aromatic rings. The van der Waals surface area contributed by atoms with Crippen molar-refractivity contribution in [2.24, 2.45) is 0 Å². The van der Waals surface area contributed by atoms with Crippen molar-refractivity contribution < 1.29 is 19.4 Å². The molecule has 102 valence electrons. The Balaban J connectivity index is 2.00. The smallest absolute Gasteiger partial charge is 0.332 e. The molecule has 0 radical (unpaired) electrons. The second-order valence-corrected chi connectivity index (χ2v) is 4.99. The van der Waals surface area contributed by atoms with E-state index in [4.69, 9.17) is 33.0 Å². The van der Waals surface area contributed by atoms with Gasteiger partial charge in [0.25, 0.3) is 5.91 Å². The van der Waals surface area contributed by atoms with Gasteiger partial charge in [-0.25, -0.2) is 4.79 Å². The van der Waals surface area contributed by atoms with E-state index in [9.17, 15) is 9.59 Å². The van der Waals surface area contributed by atoms with E-state index >= 15 is 0 Å². The second-order valence-electron chi connectivity index (χ2n) is 4.14. The van der Waals surface area contributed by atoms with Gasteiger partial charge in [0.2, 0.25) is 0 Å². The van der Waals surface area contributed by atoms with Crippen LogP contribution in [0.5, 0.6) is 0 Å². The van der Waals surface area contributed by atoms with Gasteiger partial charge in [0.15, 0.2) is 6.10 Å². The lowest BCUT2D eigenvalue weighted by Gasteiger charge is -2.12. The average Bonchev–Trinajstić information content (AvgIpc) is 2.82. The maximum absolute atomic E-state index is 11.9. The van der Waals surface area contributed by atoms with Gasteiger partial charge in [0.1, 0.15) is 6.10 Å². The van der Waals surface area contributed by atoms with E-state index in [0.717, 1.165) is 0 Å². The number of hydrogen-bond acceptors (Lipinski definition) is 3. The van der Waals surface area contributed by atoms with Crippen molar-refractivity contribution in [2.75, 3.05) is 5.32 Å². The molecule has 2 N–H and O–H groups in total. The van der Waals surface area contributed by atoms with Crippen molar-refractivity contribution in [1.29, 1.82) is 0 Å². The monoisotopic (exact) mass is 303 g/mol. The van der Waals surface area contributed by atoms with Crippen LogP contribution in [0, 0.1) is 0 Å². The summed E-state index contributed by atoms with van der Waals surface area (Å²) in [7, 11) is 0. The zero-order valence-corrected chi connectivity index (χ0v) is 11.2. The lowest BCUT2D eigenvalue weighted by Crippen LogP contribution is -2.30. The second kappa shape index (κ2) is 5.77. The Morgan fingerprint density at radius 1 is 1.26 bits per heavy atom. The molecule has 0 aliphatic carbocycles. The number of ether oxygens (including phenoxy) is 1. The Kier molecular flexibility index (Phi) is 4.29. The maximum Gasteiger partial charge on any atom is 0.332 e. The highest BCUT2D eigenvalue weighted by Gasteiger charge is 2.34. The number of carbonyl (C=O) groups is 2. The largest absolute Gasteiger partial charge is 0.479 e. The van der Waals surface area contributed by atoms with E-state index in [2.05, 4.69) is 5.32 Å². The molecule has 1 aliphatic heterocycles. The molecule has 1 saturated heterocycles. The Labute approximate surface area is 119 Å². The number of carboxylic acids is 1. The normalized spacial score (nSPS) is 22.2. The lowest BCUT2D eigenvalue weighted by atomic mass is 10.2. The van der Waals surface area contributed by atoms with Crippen molar-refractivity contribution in [1.82, 2.24) is 0 Å². The average molecular weight is 304 g/mol. The fourth-order valence-electron chi connectivity index (χ4n) is 1.82. The molecule has 0 saturated carbocycles. The first-order valence-electron chi connectivity index (χ1n) is 5.61. The summed E-state index contributed by atoms with van der Waals surface area (Å²) < 4.78 is 5.14. The van der Waals surface area contributed by atoms with Gasteiger partial charge in [-0.15, -0.1) is 0 Å². The summed E-state index contributed by atoms with van der Waals surface area (Å²) in [4.78, 5) is 22.6. The van der Waals surface area contributed by atoms with E-state index in [1.807, 2.05) is 0 Å². The van der Waals surface area contributed by atoms with Crippen LogP contribution >= 0.6 is 23.2 Å². The maximum atomic E-state index is 11.9. The van der Waals surface area contributed by atoms with Crippen LogP contribution in [0.3, 0.4) is 0 Å². The SMILES string of the molecule is O=C(O)C1CCC(C(=O)Nc2ccc(Cl)cc2Cl)O1. The van der Waals surface area contributed by atoms with E-state index in [0.29, 0.717) is 28.6 Å². The van der Waals surface area contributed by atoms with Gasteiger partial charge >= 0.3 is 5.97 Å². The molecule has 1 fully saturated rings. The minimum absolute atomic E-state index is 0.314. The van der Waals surface area contributed by atoms with Gasteiger partial charge in [-0.1, -0.05) is 23.2 Å². The number of carbonyl (C=O) groups excluding carboxylic acids is 1. The Hall–Kier alpha value is -1.30. The van der Waals surface area contributed by atoms with Gasteiger partial charge in [0.05, 0.1) is 10.7 Å². The topological polar surface area (TPSA) is 75.6 Å². The quantitative estimate of drug-likeness (QED) is 0.900. The molecule has 1 aromatic carbocycles. The van der Waals surface area contributed by atoms with Crippen molar-refractivity contribution in [2.45, 2.75) is 25.0 Å². The van der Waals surface area contributed by atoms with Crippen LogP contribution in [0.1, 0.15) is 12.8 Å². The van der Waals surface area contributed by atoms with Gasteiger partial charge in [-0.3, -0.25) is 4.79 Å². The summed E-state index contributed by atoms with van der Waals surface area (Å²) in [5.41, 5.74) is 0.415. The van der Waals surface area contributed by atoms with E-state index in [-0.39, 0.29) is 0 Å². The number of rotatable bonds is 3. The molecule has 2 atom stereocenters. The molecule has 5 nitrogen and oxygen atoms in total. The van der Waals surface area contributed by atoms with E-state index in [1.165, 1.54) is 6.07 Å². The van der Waals surface area contributed by atoms with Gasteiger partial charge in [0, 0.05) is 5.02 Å². The standard InChI is InChI=1S/C12H11Cl2NO4/c13-6-1-2-8(7(14)5-6)15-11(16)9-3-4-10(19-9)12(17)18/h1-2,5,9-10H,3-4H2,(H,15,16)(H,17,18).